The molecule has 2 aromatic rings. The monoisotopic (exact) mass is 428 g/mol. The highest BCUT2D eigenvalue weighted by Crippen LogP contribution is 2.29. The number of amides is 1. The summed E-state index contributed by atoms with van der Waals surface area (Å²) in [4.78, 5) is 17.9. The van der Waals surface area contributed by atoms with Gasteiger partial charge in [-0.3, -0.25) is 9.79 Å². The van der Waals surface area contributed by atoms with Crippen LogP contribution in [0.15, 0.2) is 41.4 Å². The Labute approximate surface area is 182 Å². The molecule has 0 fully saturated rings. The summed E-state index contributed by atoms with van der Waals surface area (Å²) in [5, 5.41) is 6.51. The average molecular weight is 429 g/mol. The molecule has 0 radical (unpaired) electrons. The maximum Gasteiger partial charge on any atom is 0.253 e. The summed E-state index contributed by atoms with van der Waals surface area (Å²) in [5.74, 6) is 1.07. The fourth-order valence-corrected chi connectivity index (χ4v) is 3.42. The van der Waals surface area contributed by atoms with Crippen LogP contribution in [0.2, 0.25) is 0 Å². The standard InChI is InChI=1S/C23H29FN4O3/c1-25-23(26-9-7-16-5-4-6-18(11-16)22(29)28(2)3)27-10-8-17-12-20(24)13-19-14-30-15-31-21(17)19/h4-6,11-13H,7-10,14-15H2,1-3H3,(H2,25,26,27). The third-order valence-corrected chi connectivity index (χ3v) is 4.95. The number of carbonyl (C=O) groups excluding carboxylic acids is 1. The Morgan fingerprint density at radius 1 is 1.16 bits per heavy atom. The van der Waals surface area contributed by atoms with Gasteiger partial charge in [0, 0.05) is 45.4 Å². The molecule has 0 bridgehead atoms. The summed E-state index contributed by atoms with van der Waals surface area (Å²) in [5.41, 5.74) is 3.29. The topological polar surface area (TPSA) is 75.2 Å². The molecule has 0 spiro atoms. The van der Waals surface area contributed by atoms with Crippen LogP contribution in [0.3, 0.4) is 0 Å². The summed E-state index contributed by atoms with van der Waals surface area (Å²) in [6.07, 6.45) is 1.34. The number of benzene rings is 2. The lowest BCUT2D eigenvalue weighted by Gasteiger charge is -2.21. The summed E-state index contributed by atoms with van der Waals surface area (Å²) in [7, 11) is 5.19. The molecule has 2 N–H and O–H groups in total. The van der Waals surface area contributed by atoms with E-state index in [0.29, 0.717) is 43.4 Å². The number of nitrogens with one attached hydrogen (secondary N) is 2. The predicted octanol–water partition coefficient (Wildman–Crippen LogP) is 2.34. The largest absolute Gasteiger partial charge is 0.467 e. The van der Waals surface area contributed by atoms with Crippen molar-refractivity contribution < 1.29 is 18.7 Å². The van der Waals surface area contributed by atoms with E-state index in [2.05, 4.69) is 15.6 Å². The number of hydrogen-bond donors (Lipinski definition) is 2. The van der Waals surface area contributed by atoms with Crippen molar-refractivity contribution in [3.05, 3.63) is 64.5 Å². The van der Waals surface area contributed by atoms with Crippen molar-refractivity contribution in [2.45, 2.75) is 19.4 Å². The zero-order valence-electron chi connectivity index (χ0n) is 18.2. The molecule has 8 heteroatoms. The van der Waals surface area contributed by atoms with E-state index >= 15 is 0 Å². The van der Waals surface area contributed by atoms with Crippen molar-refractivity contribution in [3.63, 3.8) is 0 Å². The van der Waals surface area contributed by atoms with E-state index in [4.69, 9.17) is 9.47 Å². The van der Waals surface area contributed by atoms with E-state index in [1.807, 2.05) is 24.3 Å². The van der Waals surface area contributed by atoms with Crippen LogP contribution in [0.25, 0.3) is 0 Å². The number of nitrogens with zero attached hydrogens (tertiary/aromatic N) is 2. The minimum atomic E-state index is -0.291. The van der Waals surface area contributed by atoms with E-state index in [0.717, 1.165) is 23.1 Å². The molecule has 0 saturated heterocycles. The van der Waals surface area contributed by atoms with Crippen molar-refractivity contribution in [2.75, 3.05) is 41.0 Å². The molecule has 1 heterocycles. The van der Waals surface area contributed by atoms with Crippen molar-refractivity contribution >= 4 is 11.9 Å². The van der Waals surface area contributed by atoms with Crippen LogP contribution < -0.4 is 15.4 Å². The van der Waals surface area contributed by atoms with Crippen molar-refractivity contribution in [1.82, 2.24) is 15.5 Å². The third-order valence-electron chi connectivity index (χ3n) is 4.95. The summed E-state index contributed by atoms with van der Waals surface area (Å²) in [6.45, 7) is 1.78. The fourth-order valence-electron chi connectivity index (χ4n) is 3.42. The molecular formula is C23H29FN4O3. The predicted molar refractivity (Wildman–Crippen MR) is 118 cm³/mol. The Kier molecular flexibility index (Phi) is 7.83. The zero-order chi connectivity index (χ0) is 22.2. The Bertz CT molecular complexity index is 946. The van der Waals surface area contributed by atoms with Gasteiger partial charge in [-0.25, -0.2) is 4.39 Å². The van der Waals surface area contributed by atoms with Crippen LogP contribution in [0, 0.1) is 5.82 Å². The van der Waals surface area contributed by atoms with Gasteiger partial charge in [-0.1, -0.05) is 12.1 Å². The number of aliphatic imine (C=N–C) groups is 1. The Hall–Kier alpha value is -3.13. The van der Waals surface area contributed by atoms with Crippen molar-refractivity contribution in [1.29, 1.82) is 0 Å². The Morgan fingerprint density at radius 2 is 1.94 bits per heavy atom. The fraction of sp³-hybridized carbons (Fsp3) is 0.391. The first-order valence-electron chi connectivity index (χ1n) is 10.2. The minimum absolute atomic E-state index is 0.0117. The van der Waals surface area contributed by atoms with E-state index in [1.54, 1.807) is 26.0 Å². The second kappa shape index (κ2) is 10.8. The lowest BCUT2D eigenvalue weighted by molar-refractivity contribution is -0.0172. The van der Waals surface area contributed by atoms with Crippen molar-refractivity contribution in [2.24, 2.45) is 4.99 Å². The Balaban J connectivity index is 1.48. The molecule has 166 valence electrons. The molecule has 7 nitrogen and oxygen atoms in total. The maximum absolute atomic E-state index is 13.9. The SMILES string of the molecule is CN=C(NCCc1cccc(C(=O)N(C)C)c1)NCCc1cc(F)cc2c1OCOC2. The molecular weight excluding hydrogens is 399 g/mol. The molecule has 0 atom stereocenters. The molecule has 0 unspecified atom stereocenters. The number of halogens is 1. The highest BCUT2D eigenvalue weighted by molar-refractivity contribution is 5.94. The van der Waals surface area contributed by atoms with Crippen LogP contribution in [0.1, 0.15) is 27.0 Å². The Morgan fingerprint density at radius 3 is 2.68 bits per heavy atom. The molecule has 1 aliphatic rings. The molecule has 0 aliphatic carbocycles. The number of guanidine groups is 1. The summed E-state index contributed by atoms with van der Waals surface area (Å²) < 4.78 is 24.6. The second-order valence-electron chi connectivity index (χ2n) is 7.49. The maximum atomic E-state index is 13.9. The van der Waals surface area contributed by atoms with Gasteiger partial charge in [0.15, 0.2) is 12.8 Å². The van der Waals surface area contributed by atoms with Crippen LogP contribution >= 0.6 is 0 Å². The first-order valence-corrected chi connectivity index (χ1v) is 10.2. The molecule has 31 heavy (non-hydrogen) atoms. The van der Waals surface area contributed by atoms with Gasteiger partial charge in [-0.15, -0.1) is 0 Å². The smallest absolute Gasteiger partial charge is 0.253 e. The number of hydrogen-bond acceptors (Lipinski definition) is 4. The van der Waals surface area contributed by atoms with Crippen LogP contribution in [0.4, 0.5) is 4.39 Å². The summed E-state index contributed by atoms with van der Waals surface area (Å²) in [6, 6.07) is 10.6. The van der Waals surface area contributed by atoms with Gasteiger partial charge < -0.3 is 25.0 Å². The normalized spacial score (nSPS) is 13.2. The van der Waals surface area contributed by atoms with E-state index < -0.39 is 0 Å². The second-order valence-corrected chi connectivity index (χ2v) is 7.49. The van der Waals surface area contributed by atoms with Gasteiger partial charge >= 0.3 is 0 Å². The number of carbonyl (C=O) groups is 1. The van der Waals surface area contributed by atoms with Gasteiger partial charge in [0.1, 0.15) is 11.6 Å². The number of ether oxygens (including phenoxy) is 2. The number of fused-ring (bicyclic) bond motifs is 1. The highest BCUT2D eigenvalue weighted by atomic mass is 19.1. The molecule has 0 aromatic heterocycles. The van der Waals surface area contributed by atoms with E-state index in [9.17, 15) is 9.18 Å². The molecule has 0 saturated carbocycles. The highest BCUT2D eigenvalue weighted by Gasteiger charge is 2.16. The van der Waals surface area contributed by atoms with Crippen LogP contribution in [-0.4, -0.2) is 57.8 Å². The lowest BCUT2D eigenvalue weighted by atomic mass is 10.1. The summed E-state index contributed by atoms with van der Waals surface area (Å²) >= 11 is 0. The zero-order valence-corrected chi connectivity index (χ0v) is 18.2. The minimum Gasteiger partial charge on any atom is -0.467 e. The van der Waals surface area contributed by atoms with Gasteiger partial charge in [0.2, 0.25) is 0 Å². The van der Waals surface area contributed by atoms with Crippen molar-refractivity contribution in [3.8, 4) is 5.75 Å². The van der Waals surface area contributed by atoms with Gasteiger partial charge in [0.05, 0.1) is 6.61 Å². The van der Waals surface area contributed by atoms with Gasteiger partial charge in [0.25, 0.3) is 5.91 Å². The third kappa shape index (κ3) is 6.18. The quantitative estimate of drug-likeness (QED) is 0.523. The van der Waals surface area contributed by atoms with Crippen LogP contribution in [-0.2, 0) is 24.2 Å². The van der Waals surface area contributed by atoms with Gasteiger partial charge in [-0.2, -0.15) is 0 Å². The molecule has 3 rings (SSSR count). The first kappa shape index (κ1) is 22.6. The van der Waals surface area contributed by atoms with E-state index in [-0.39, 0.29) is 18.5 Å². The van der Waals surface area contributed by atoms with Crippen LogP contribution in [0.5, 0.6) is 5.75 Å². The van der Waals surface area contributed by atoms with Gasteiger partial charge in [-0.05, 0) is 48.2 Å². The first-order chi connectivity index (χ1) is 15.0. The number of rotatable bonds is 7. The lowest BCUT2D eigenvalue weighted by Crippen LogP contribution is -2.39. The average Bonchev–Trinajstić information content (AvgIpc) is 2.77. The molecule has 1 aliphatic heterocycles. The molecule has 2 aromatic carbocycles. The van der Waals surface area contributed by atoms with E-state index in [1.165, 1.54) is 12.1 Å². The molecule has 1 amide bonds.